The van der Waals surface area contributed by atoms with E-state index in [1.54, 1.807) is 0 Å². The predicted octanol–water partition coefficient (Wildman–Crippen LogP) is 2.95. The van der Waals surface area contributed by atoms with E-state index in [9.17, 15) is 0 Å². The fourth-order valence-corrected chi connectivity index (χ4v) is 2.79. The Balaban J connectivity index is 2.12. The van der Waals surface area contributed by atoms with Crippen molar-refractivity contribution < 1.29 is 4.74 Å². The first-order valence-corrected chi connectivity index (χ1v) is 5.54. The molecule has 74 valence electrons. The molecule has 1 spiro atoms. The lowest BCUT2D eigenvalue weighted by Gasteiger charge is -2.46. The highest BCUT2D eigenvalue weighted by molar-refractivity contribution is 5.39. The smallest absolute Gasteiger partial charge is 0.0956 e. The van der Waals surface area contributed by atoms with Crippen molar-refractivity contribution in [3.8, 4) is 0 Å². The highest BCUT2D eigenvalue weighted by Crippen LogP contribution is 2.46. The van der Waals surface area contributed by atoms with E-state index >= 15 is 0 Å². The van der Waals surface area contributed by atoms with Crippen LogP contribution >= 0.6 is 0 Å². The summed E-state index contributed by atoms with van der Waals surface area (Å²) in [5.41, 5.74) is 4.48. The van der Waals surface area contributed by atoms with Crippen LogP contribution in [0.2, 0.25) is 0 Å². The van der Waals surface area contributed by atoms with Crippen molar-refractivity contribution in [2.24, 2.45) is 0 Å². The van der Waals surface area contributed by atoms with Crippen molar-refractivity contribution in [1.29, 1.82) is 0 Å². The van der Waals surface area contributed by atoms with E-state index in [-0.39, 0.29) is 5.60 Å². The molecule has 0 saturated carbocycles. The zero-order valence-electron chi connectivity index (χ0n) is 8.68. The molecule has 1 aliphatic heterocycles. The fraction of sp³-hybridized carbons (Fsp3) is 0.538. The maximum absolute atomic E-state index is 5.84. The molecule has 1 aromatic rings. The second kappa shape index (κ2) is 2.83. The second-order valence-corrected chi connectivity index (χ2v) is 4.61. The normalized spacial score (nSPS) is 29.8. The van der Waals surface area contributed by atoms with Crippen LogP contribution in [0.5, 0.6) is 0 Å². The van der Waals surface area contributed by atoms with Gasteiger partial charge in [-0.3, -0.25) is 0 Å². The molecule has 1 saturated heterocycles. The Hall–Kier alpha value is -0.820. The molecule has 1 unspecified atom stereocenters. The summed E-state index contributed by atoms with van der Waals surface area (Å²) in [5.74, 6) is 0. The number of benzene rings is 1. The highest BCUT2D eigenvalue weighted by atomic mass is 16.5. The molecule has 0 radical (unpaired) electrons. The Morgan fingerprint density at radius 1 is 1.29 bits per heavy atom. The van der Waals surface area contributed by atoms with Crippen LogP contribution in [0.15, 0.2) is 18.2 Å². The maximum atomic E-state index is 5.84. The molecule has 1 heterocycles. The number of hydrogen-bond donors (Lipinski definition) is 0. The minimum Gasteiger partial charge on any atom is -0.370 e. The van der Waals surface area contributed by atoms with Gasteiger partial charge in [0.15, 0.2) is 0 Å². The molecule has 0 aromatic heterocycles. The first-order chi connectivity index (χ1) is 6.80. The van der Waals surface area contributed by atoms with Crippen LogP contribution in [-0.4, -0.2) is 6.61 Å². The molecule has 3 rings (SSSR count). The molecule has 2 aliphatic rings. The van der Waals surface area contributed by atoms with Gasteiger partial charge < -0.3 is 4.74 Å². The maximum Gasteiger partial charge on any atom is 0.0956 e. The Bertz CT molecular complexity index is 363. The average molecular weight is 188 g/mol. The van der Waals surface area contributed by atoms with E-state index < -0.39 is 0 Å². The SMILES string of the molecule is Cc1ccc2c(c1)C1(CCC2)CCO1. The van der Waals surface area contributed by atoms with Gasteiger partial charge in [-0.15, -0.1) is 0 Å². The number of ether oxygens (including phenoxy) is 1. The molecule has 0 N–H and O–H groups in total. The fourth-order valence-electron chi connectivity index (χ4n) is 2.79. The second-order valence-electron chi connectivity index (χ2n) is 4.61. The zero-order valence-corrected chi connectivity index (χ0v) is 8.68. The lowest BCUT2D eigenvalue weighted by Crippen LogP contribution is -2.43. The van der Waals surface area contributed by atoms with Crippen molar-refractivity contribution >= 4 is 0 Å². The van der Waals surface area contributed by atoms with Gasteiger partial charge in [0.05, 0.1) is 12.2 Å². The van der Waals surface area contributed by atoms with E-state index in [0.29, 0.717) is 0 Å². The van der Waals surface area contributed by atoms with Crippen molar-refractivity contribution in [2.45, 2.75) is 38.2 Å². The first kappa shape index (κ1) is 8.49. The summed E-state index contributed by atoms with van der Waals surface area (Å²) in [7, 11) is 0. The lowest BCUT2D eigenvalue weighted by atomic mass is 9.74. The van der Waals surface area contributed by atoms with Gasteiger partial charge in [0.2, 0.25) is 0 Å². The quantitative estimate of drug-likeness (QED) is 0.608. The Kier molecular flexibility index (Phi) is 1.72. The Morgan fingerprint density at radius 3 is 2.86 bits per heavy atom. The topological polar surface area (TPSA) is 9.23 Å². The van der Waals surface area contributed by atoms with Gasteiger partial charge in [-0.25, -0.2) is 0 Å². The molecule has 1 nitrogen and oxygen atoms in total. The molecule has 0 bridgehead atoms. The molecule has 14 heavy (non-hydrogen) atoms. The summed E-state index contributed by atoms with van der Waals surface area (Å²) in [4.78, 5) is 0. The van der Waals surface area contributed by atoms with Crippen LogP contribution in [0.25, 0.3) is 0 Å². The minimum atomic E-state index is 0.125. The molecular weight excluding hydrogens is 172 g/mol. The van der Waals surface area contributed by atoms with E-state index in [0.717, 1.165) is 6.61 Å². The van der Waals surface area contributed by atoms with Crippen LogP contribution < -0.4 is 0 Å². The molecule has 1 aliphatic carbocycles. The van der Waals surface area contributed by atoms with E-state index in [2.05, 4.69) is 25.1 Å². The van der Waals surface area contributed by atoms with Gasteiger partial charge in [-0.2, -0.15) is 0 Å². The third-order valence-electron chi connectivity index (χ3n) is 3.67. The first-order valence-electron chi connectivity index (χ1n) is 5.54. The summed E-state index contributed by atoms with van der Waals surface area (Å²) in [6, 6.07) is 6.83. The number of aryl methyl sites for hydroxylation is 2. The Labute approximate surface area is 85.1 Å². The monoisotopic (exact) mass is 188 g/mol. The Morgan fingerprint density at radius 2 is 2.14 bits per heavy atom. The van der Waals surface area contributed by atoms with Crippen LogP contribution in [0.3, 0.4) is 0 Å². The number of hydrogen-bond acceptors (Lipinski definition) is 1. The van der Waals surface area contributed by atoms with E-state index in [4.69, 9.17) is 4.74 Å². The van der Waals surface area contributed by atoms with Crippen molar-refractivity contribution in [1.82, 2.24) is 0 Å². The summed E-state index contributed by atoms with van der Waals surface area (Å²) < 4.78 is 5.84. The van der Waals surface area contributed by atoms with E-state index in [1.165, 1.54) is 42.4 Å². The van der Waals surface area contributed by atoms with Crippen LogP contribution in [0.4, 0.5) is 0 Å². The summed E-state index contributed by atoms with van der Waals surface area (Å²) in [6.45, 7) is 3.12. The highest BCUT2D eigenvalue weighted by Gasteiger charge is 2.42. The number of fused-ring (bicyclic) bond motifs is 2. The van der Waals surface area contributed by atoms with Gasteiger partial charge in [0.25, 0.3) is 0 Å². The van der Waals surface area contributed by atoms with Gasteiger partial charge >= 0.3 is 0 Å². The minimum absolute atomic E-state index is 0.125. The van der Waals surface area contributed by atoms with Gasteiger partial charge in [-0.1, -0.05) is 23.8 Å². The summed E-state index contributed by atoms with van der Waals surface area (Å²) in [5, 5.41) is 0. The summed E-state index contributed by atoms with van der Waals surface area (Å²) >= 11 is 0. The van der Waals surface area contributed by atoms with Crippen LogP contribution in [0, 0.1) is 6.92 Å². The molecule has 1 heteroatoms. The van der Waals surface area contributed by atoms with Crippen molar-refractivity contribution in [3.63, 3.8) is 0 Å². The average Bonchev–Trinajstić information content (AvgIpc) is 2.14. The molecule has 1 fully saturated rings. The summed E-state index contributed by atoms with van der Waals surface area (Å²) in [6.07, 6.45) is 4.98. The van der Waals surface area contributed by atoms with Gasteiger partial charge in [-0.05, 0) is 37.3 Å². The zero-order chi connectivity index (χ0) is 9.60. The molecule has 1 atom stereocenters. The lowest BCUT2D eigenvalue weighted by molar-refractivity contribution is -0.163. The van der Waals surface area contributed by atoms with Crippen LogP contribution in [0.1, 0.15) is 36.0 Å². The third-order valence-corrected chi connectivity index (χ3v) is 3.67. The standard InChI is InChI=1S/C13H16O/c1-10-4-5-11-3-2-6-13(7-8-14-13)12(11)9-10/h4-5,9H,2-3,6-8H2,1H3. The predicted molar refractivity (Wildman–Crippen MR) is 56.4 cm³/mol. The molecule has 0 amide bonds. The van der Waals surface area contributed by atoms with Crippen molar-refractivity contribution in [2.75, 3.05) is 6.61 Å². The number of rotatable bonds is 0. The van der Waals surface area contributed by atoms with Gasteiger partial charge in [0, 0.05) is 6.42 Å². The molecular formula is C13H16O. The largest absolute Gasteiger partial charge is 0.370 e. The van der Waals surface area contributed by atoms with E-state index in [1.807, 2.05) is 0 Å². The van der Waals surface area contributed by atoms with Crippen molar-refractivity contribution in [3.05, 3.63) is 34.9 Å². The van der Waals surface area contributed by atoms with Crippen LogP contribution in [-0.2, 0) is 16.8 Å². The molecule has 1 aromatic carbocycles. The third kappa shape index (κ3) is 1.05. The van der Waals surface area contributed by atoms with Gasteiger partial charge in [0.1, 0.15) is 0 Å².